The van der Waals surface area contributed by atoms with Crippen LogP contribution in [0.1, 0.15) is 28.4 Å². The van der Waals surface area contributed by atoms with E-state index in [1.54, 1.807) is 0 Å². The van der Waals surface area contributed by atoms with Crippen molar-refractivity contribution in [3.05, 3.63) is 71.3 Å². The molecule has 19 heavy (non-hydrogen) atoms. The van der Waals surface area contributed by atoms with Crippen LogP contribution >= 0.6 is 0 Å². The fraction of sp³-hybridized carbons (Fsp3) is 0.235. The standard InChI is InChI=1S/C17H19NO/c1-13-8-10-15(11-9-13)12-18-14(2)17(19)16-6-4-3-5-7-16/h3-11,14,18H,12H2,1-2H3. The Hall–Kier alpha value is -1.93. The lowest BCUT2D eigenvalue weighted by Gasteiger charge is -2.13. The molecule has 0 bridgehead atoms. The zero-order chi connectivity index (χ0) is 13.7. The molecular formula is C17H19NO. The molecule has 0 spiro atoms. The summed E-state index contributed by atoms with van der Waals surface area (Å²) in [6.45, 7) is 4.68. The van der Waals surface area contributed by atoms with E-state index in [0.29, 0.717) is 6.54 Å². The fourth-order valence-electron chi connectivity index (χ4n) is 1.92. The van der Waals surface area contributed by atoms with Crippen molar-refractivity contribution < 1.29 is 4.79 Å². The number of aryl methyl sites for hydroxylation is 1. The lowest BCUT2D eigenvalue weighted by molar-refractivity contribution is 0.0950. The molecule has 2 heteroatoms. The van der Waals surface area contributed by atoms with Crippen LogP contribution in [0.25, 0.3) is 0 Å². The summed E-state index contributed by atoms with van der Waals surface area (Å²) in [7, 11) is 0. The van der Waals surface area contributed by atoms with Crippen LogP contribution in [0, 0.1) is 6.92 Å². The van der Waals surface area contributed by atoms with Gasteiger partial charge in [0.15, 0.2) is 5.78 Å². The Morgan fingerprint density at radius 2 is 1.68 bits per heavy atom. The second-order valence-electron chi connectivity index (χ2n) is 4.82. The fourth-order valence-corrected chi connectivity index (χ4v) is 1.92. The zero-order valence-corrected chi connectivity index (χ0v) is 11.4. The highest BCUT2D eigenvalue weighted by Crippen LogP contribution is 2.06. The number of rotatable bonds is 5. The van der Waals surface area contributed by atoms with Crippen LogP contribution in [0.15, 0.2) is 54.6 Å². The molecule has 0 aliphatic rings. The highest BCUT2D eigenvalue weighted by molar-refractivity contribution is 5.99. The van der Waals surface area contributed by atoms with Crippen LogP contribution in [0.4, 0.5) is 0 Å². The van der Waals surface area contributed by atoms with Crippen molar-refractivity contribution in [2.75, 3.05) is 0 Å². The first-order valence-electron chi connectivity index (χ1n) is 6.55. The normalized spacial score (nSPS) is 12.1. The van der Waals surface area contributed by atoms with Gasteiger partial charge in [-0.1, -0.05) is 60.2 Å². The minimum atomic E-state index is -0.177. The molecule has 0 saturated heterocycles. The highest BCUT2D eigenvalue weighted by Gasteiger charge is 2.13. The molecule has 0 aromatic heterocycles. The summed E-state index contributed by atoms with van der Waals surface area (Å²) < 4.78 is 0. The van der Waals surface area contributed by atoms with Crippen LogP contribution in [0.5, 0.6) is 0 Å². The Labute approximate surface area is 114 Å². The van der Waals surface area contributed by atoms with Crippen molar-refractivity contribution in [3.8, 4) is 0 Å². The maximum absolute atomic E-state index is 12.2. The van der Waals surface area contributed by atoms with E-state index in [-0.39, 0.29) is 11.8 Å². The molecule has 0 aliphatic heterocycles. The summed E-state index contributed by atoms with van der Waals surface area (Å²) in [4.78, 5) is 12.2. The monoisotopic (exact) mass is 253 g/mol. The van der Waals surface area contributed by atoms with Crippen LogP contribution in [0.2, 0.25) is 0 Å². The van der Waals surface area contributed by atoms with Gasteiger partial charge in [0, 0.05) is 12.1 Å². The number of hydrogen-bond donors (Lipinski definition) is 1. The van der Waals surface area contributed by atoms with Gasteiger partial charge in [-0.3, -0.25) is 4.79 Å². The predicted octanol–water partition coefficient (Wildman–Crippen LogP) is 3.36. The van der Waals surface area contributed by atoms with E-state index in [4.69, 9.17) is 0 Å². The number of carbonyl (C=O) groups excluding carboxylic acids is 1. The highest BCUT2D eigenvalue weighted by atomic mass is 16.1. The van der Waals surface area contributed by atoms with Crippen molar-refractivity contribution in [1.82, 2.24) is 5.32 Å². The SMILES string of the molecule is Cc1ccc(CNC(C)C(=O)c2ccccc2)cc1. The summed E-state index contributed by atoms with van der Waals surface area (Å²) in [6, 6.07) is 17.6. The molecule has 1 unspecified atom stereocenters. The largest absolute Gasteiger partial charge is 0.303 e. The summed E-state index contributed by atoms with van der Waals surface area (Å²) >= 11 is 0. The third-order valence-electron chi connectivity index (χ3n) is 3.18. The molecule has 0 heterocycles. The van der Waals surface area contributed by atoms with Gasteiger partial charge in [-0.25, -0.2) is 0 Å². The molecule has 1 atom stereocenters. The molecule has 0 saturated carbocycles. The Morgan fingerprint density at radius 1 is 1.05 bits per heavy atom. The third kappa shape index (κ3) is 3.76. The molecule has 2 aromatic carbocycles. The first kappa shape index (κ1) is 13.5. The predicted molar refractivity (Wildman–Crippen MR) is 78.3 cm³/mol. The van der Waals surface area contributed by atoms with Crippen molar-refractivity contribution in [2.45, 2.75) is 26.4 Å². The van der Waals surface area contributed by atoms with Crippen molar-refractivity contribution in [2.24, 2.45) is 0 Å². The lowest BCUT2D eigenvalue weighted by Crippen LogP contribution is -2.33. The molecular weight excluding hydrogens is 234 g/mol. The zero-order valence-electron chi connectivity index (χ0n) is 11.4. The minimum absolute atomic E-state index is 0.132. The van der Waals surface area contributed by atoms with Crippen LogP contribution in [-0.2, 0) is 6.54 Å². The Balaban J connectivity index is 1.92. The number of nitrogens with one attached hydrogen (secondary N) is 1. The van der Waals surface area contributed by atoms with Gasteiger partial charge in [0.1, 0.15) is 0 Å². The molecule has 0 aliphatic carbocycles. The molecule has 0 radical (unpaired) electrons. The number of benzene rings is 2. The quantitative estimate of drug-likeness (QED) is 0.828. The lowest BCUT2D eigenvalue weighted by atomic mass is 10.1. The van der Waals surface area contributed by atoms with Gasteiger partial charge < -0.3 is 5.32 Å². The van der Waals surface area contributed by atoms with Gasteiger partial charge in [-0.05, 0) is 19.4 Å². The molecule has 2 aromatic rings. The summed E-state index contributed by atoms with van der Waals surface area (Å²) in [5, 5.41) is 3.27. The van der Waals surface area contributed by atoms with E-state index in [2.05, 4.69) is 36.5 Å². The summed E-state index contributed by atoms with van der Waals surface area (Å²) in [6.07, 6.45) is 0. The van der Waals surface area contributed by atoms with E-state index in [9.17, 15) is 4.79 Å². The molecule has 0 amide bonds. The summed E-state index contributed by atoms with van der Waals surface area (Å²) in [5.74, 6) is 0.132. The molecule has 1 N–H and O–H groups in total. The number of carbonyl (C=O) groups is 1. The Kier molecular flexibility index (Phi) is 4.48. The van der Waals surface area contributed by atoms with Crippen molar-refractivity contribution >= 4 is 5.78 Å². The van der Waals surface area contributed by atoms with Crippen LogP contribution in [0.3, 0.4) is 0 Å². The topological polar surface area (TPSA) is 29.1 Å². The average Bonchev–Trinajstić information content (AvgIpc) is 2.46. The second-order valence-corrected chi connectivity index (χ2v) is 4.82. The number of hydrogen-bond acceptors (Lipinski definition) is 2. The van der Waals surface area contributed by atoms with Gasteiger partial charge in [-0.2, -0.15) is 0 Å². The smallest absolute Gasteiger partial charge is 0.179 e. The van der Waals surface area contributed by atoms with Gasteiger partial charge in [0.2, 0.25) is 0 Å². The molecule has 98 valence electrons. The maximum Gasteiger partial charge on any atom is 0.179 e. The Bertz CT molecular complexity index is 531. The van der Waals surface area contributed by atoms with Gasteiger partial charge in [0.25, 0.3) is 0 Å². The van der Waals surface area contributed by atoms with Crippen molar-refractivity contribution in [3.63, 3.8) is 0 Å². The molecule has 0 fully saturated rings. The number of Topliss-reactive ketones (excluding diaryl/α,β-unsaturated/α-hetero) is 1. The first-order valence-corrected chi connectivity index (χ1v) is 6.55. The van der Waals surface area contributed by atoms with E-state index in [1.165, 1.54) is 11.1 Å². The van der Waals surface area contributed by atoms with E-state index in [0.717, 1.165) is 5.56 Å². The maximum atomic E-state index is 12.2. The van der Waals surface area contributed by atoms with Gasteiger partial charge in [-0.15, -0.1) is 0 Å². The van der Waals surface area contributed by atoms with E-state index >= 15 is 0 Å². The molecule has 2 nitrogen and oxygen atoms in total. The van der Waals surface area contributed by atoms with E-state index < -0.39 is 0 Å². The van der Waals surface area contributed by atoms with Gasteiger partial charge >= 0.3 is 0 Å². The average molecular weight is 253 g/mol. The Morgan fingerprint density at radius 3 is 2.32 bits per heavy atom. The number of ketones is 1. The molecule has 2 rings (SSSR count). The van der Waals surface area contributed by atoms with Gasteiger partial charge in [0.05, 0.1) is 6.04 Å². The minimum Gasteiger partial charge on any atom is -0.303 e. The van der Waals surface area contributed by atoms with E-state index in [1.807, 2.05) is 37.3 Å². The summed E-state index contributed by atoms with van der Waals surface area (Å²) in [5.41, 5.74) is 3.20. The van der Waals surface area contributed by atoms with Crippen LogP contribution in [-0.4, -0.2) is 11.8 Å². The third-order valence-corrected chi connectivity index (χ3v) is 3.18. The van der Waals surface area contributed by atoms with Crippen LogP contribution < -0.4 is 5.32 Å². The van der Waals surface area contributed by atoms with Crippen molar-refractivity contribution in [1.29, 1.82) is 0 Å². The first-order chi connectivity index (χ1) is 9.16. The second kappa shape index (κ2) is 6.30.